The van der Waals surface area contributed by atoms with Gasteiger partial charge in [0.05, 0.1) is 12.9 Å². The predicted octanol–water partition coefficient (Wildman–Crippen LogP) is 0.917. The molecule has 1 atom stereocenters. The van der Waals surface area contributed by atoms with Gasteiger partial charge in [0.2, 0.25) is 0 Å². The van der Waals surface area contributed by atoms with Gasteiger partial charge in [-0.1, -0.05) is 0 Å². The van der Waals surface area contributed by atoms with Crippen LogP contribution >= 0.6 is 0 Å². The Labute approximate surface area is 57.1 Å². The Morgan fingerprint density at radius 3 is 2.70 bits per heavy atom. The van der Waals surface area contributed by atoms with E-state index in [1.807, 2.05) is 0 Å². The molecule has 1 N–H and O–H groups in total. The number of halogens is 2. The molecule has 0 saturated heterocycles. The van der Waals surface area contributed by atoms with Gasteiger partial charge in [0, 0.05) is 12.0 Å². The molecule has 1 heterocycles. The van der Waals surface area contributed by atoms with Crippen LogP contribution in [0.15, 0.2) is 11.8 Å². The first kappa shape index (κ1) is 7.47. The van der Waals surface area contributed by atoms with Gasteiger partial charge in [0.1, 0.15) is 6.10 Å². The highest BCUT2D eigenvalue weighted by Crippen LogP contribution is 2.18. The van der Waals surface area contributed by atoms with Gasteiger partial charge in [-0.2, -0.15) is 0 Å². The van der Waals surface area contributed by atoms with Crippen molar-refractivity contribution in [2.75, 3.05) is 6.61 Å². The predicted molar refractivity (Wildman–Crippen MR) is 30.7 cm³/mol. The smallest absolute Gasteiger partial charge is 0.268 e. The Hall–Kier alpha value is -0.640. The van der Waals surface area contributed by atoms with Gasteiger partial charge >= 0.3 is 0 Å². The molecule has 0 bridgehead atoms. The molecule has 0 spiro atoms. The van der Waals surface area contributed by atoms with E-state index in [1.54, 1.807) is 0 Å². The molecule has 1 unspecified atom stereocenters. The lowest BCUT2D eigenvalue weighted by Crippen LogP contribution is -2.19. The second-order valence-electron chi connectivity index (χ2n) is 2.09. The summed E-state index contributed by atoms with van der Waals surface area (Å²) < 4.78 is 28.1. The van der Waals surface area contributed by atoms with Crippen molar-refractivity contribution in [3.63, 3.8) is 0 Å². The summed E-state index contributed by atoms with van der Waals surface area (Å²) in [5.74, 6) is 0. The SMILES string of the molecule is OC(C1=COCC1)C(F)F. The van der Waals surface area contributed by atoms with Crippen molar-refractivity contribution in [2.24, 2.45) is 0 Å². The molecular weight excluding hydrogens is 142 g/mol. The van der Waals surface area contributed by atoms with Gasteiger partial charge in [-0.15, -0.1) is 0 Å². The fourth-order valence-electron chi connectivity index (χ4n) is 0.781. The van der Waals surface area contributed by atoms with Crippen LogP contribution in [0.1, 0.15) is 6.42 Å². The van der Waals surface area contributed by atoms with Gasteiger partial charge in [-0.05, 0) is 0 Å². The molecule has 0 radical (unpaired) electrons. The van der Waals surface area contributed by atoms with E-state index in [0.29, 0.717) is 13.0 Å². The fraction of sp³-hybridized carbons (Fsp3) is 0.667. The molecule has 0 saturated carbocycles. The summed E-state index contributed by atoms with van der Waals surface area (Å²) in [7, 11) is 0. The third kappa shape index (κ3) is 1.44. The number of rotatable bonds is 2. The molecular formula is C6H8F2O2. The number of alkyl halides is 2. The van der Waals surface area contributed by atoms with Crippen LogP contribution in [0, 0.1) is 0 Å². The van der Waals surface area contributed by atoms with Gasteiger partial charge in [0.15, 0.2) is 0 Å². The number of aliphatic hydroxyl groups excluding tert-OH is 1. The van der Waals surface area contributed by atoms with Gasteiger partial charge in [-0.25, -0.2) is 8.78 Å². The Bertz CT molecular complexity index is 145. The van der Waals surface area contributed by atoms with E-state index in [2.05, 4.69) is 4.74 Å². The van der Waals surface area contributed by atoms with Crippen molar-refractivity contribution in [1.29, 1.82) is 0 Å². The van der Waals surface area contributed by atoms with E-state index in [0.717, 1.165) is 0 Å². The highest BCUT2D eigenvalue weighted by atomic mass is 19.3. The van der Waals surface area contributed by atoms with Crippen LogP contribution in [-0.4, -0.2) is 24.2 Å². The van der Waals surface area contributed by atoms with Crippen molar-refractivity contribution in [3.05, 3.63) is 11.8 Å². The number of hydrogen-bond acceptors (Lipinski definition) is 2. The van der Waals surface area contributed by atoms with Crippen LogP contribution in [0.4, 0.5) is 8.78 Å². The summed E-state index contributed by atoms with van der Waals surface area (Å²) in [6.45, 7) is 0.402. The first-order chi connectivity index (χ1) is 4.72. The van der Waals surface area contributed by atoms with E-state index in [4.69, 9.17) is 5.11 Å². The first-order valence-electron chi connectivity index (χ1n) is 2.98. The number of ether oxygens (including phenoxy) is 1. The zero-order chi connectivity index (χ0) is 7.56. The maximum atomic E-state index is 11.7. The van der Waals surface area contributed by atoms with Crippen LogP contribution in [0.2, 0.25) is 0 Å². The van der Waals surface area contributed by atoms with Crippen LogP contribution in [0.3, 0.4) is 0 Å². The molecule has 0 aromatic carbocycles. The van der Waals surface area contributed by atoms with Crippen LogP contribution in [0.5, 0.6) is 0 Å². The molecule has 0 aromatic rings. The van der Waals surface area contributed by atoms with Crippen LogP contribution < -0.4 is 0 Å². The largest absolute Gasteiger partial charge is 0.501 e. The lowest BCUT2D eigenvalue weighted by atomic mass is 10.1. The third-order valence-corrected chi connectivity index (χ3v) is 1.36. The minimum Gasteiger partial charge on any atom is -0.501 e. The van der Waals surface area contributed by atoms with Crippen molar-refractivity contribution in [3.8, 4) is 0 Å². The maximum Gasteiger partial charge on any atom is 0.268 e. The topological polar surface area (TPSA) is 29.5 Å². The molecule has 0 aromatic heterocycles. The molecule has 1 aliphatic heterocycles. The van der Waals surface area contributed by atoms with Crippen molar-refractivity contribution in [2.45, 2.75) is 19.0 Å². The average Bonchev–Trinajstić information content (AvgIpc) is 2.36. The molecule has 10 heavy (non-hydrogen) atoms. The lowest BCUT2D eigenvalue weighted by molar-refractivity contribution is 0.0164. The summed E-state index contributed by atoms with van der Waals surface area (Å²) >= 11 is 0. The molecule has 0 fully saturated rings. The first-order valence-corrected chi connectivity index (χ1v) is 2.98. The Kier molecular flexibility index (Phi) is 2.21. The second-order valence-corrected chi connectivity index (χ2v) is 2.09. The normalized spacial score (nSPS) is 20.6. The molecule has 1 rings (SSSR count). The molecule has 1 aliphatic rings. The van der Waals surface area contributed by atoms with E-state index in [1.165, 1.54) is 6.26 Å². The molecule has 4 heteroatoms. The summed E-state index contributed by atoms with van der Waals surface area (Å²) in [6.07, 6.45) is -2.72. The Morgan fingerprint density at radius 2 is 2.30 bits per heavy atom. The van der Waals surface area contributed by atoms with Gasteiger partial charge in [0.25, 0.3) is 6.43 Å². The standard InChI is InChI=1S/C6H8F2O2/c7-6(8)5(9)4-1-2-10-3-4/h3,5-6,9H,1-2H2. The molecule has 0 amide bonds. The minimum atomic E-state index is -2.70. The maximum absolute atomic E-state index is 11.7. The minimum absolute atomic E-state index is 0.287. The van der Waals surface area contributed by atoms with E-state index in [9.17, 15) is 8.78 Å². The fourth-order valence-corrected chi connectivity index (χ4v) is 0.781. The lowest BCUT2D eigenvalue weighted by Gasteiger charge is -2.07. The second kappa shape index (κ2) is 2.96. The van der Waals surface area contributed by atoms with Gasteiger partial charge < -0.3 is 9.84 Å². The van der Waals surface area contributed by atoms with Crippen molar-refractivity contribution in [1.82, 2.24) is 0 Å². The highest BCUT2D eigenvalue weighted by Gasteiger charge is 2.23. The van der Waals surface area contributed by atoms with Gasteiger partial charge in [-0.3, -0.25) is 0 Å². The monoisotopic (exact) mass is 150 g/mol. The van der Waals surface area contributed by atoms with E-state index >= 15 is 0 Å². The summed E-state index contributed by atoms with van der Waals surface area (Å²) in [5.41, 5.74) is 0.287. The van der Waals surface area contributed by atoms with E-state index < -0.39 is 12.5 Å². The highest BCUT2D eigenvalue weighted by molar-refractivity contribution is 5.08. The number of hydrogen-bond donors (Lipinski definition) is 1. The summed E-state index contributed by atoms with van der Waals surface area (Å²) in [5, 5.41) is 8.73. The zero-order valence-electron chi connectivity index (χ0n) is 5.26. The zero-order valence-corrected chi connectivity index (χ0v) is 5.26. The molecule has 0 aliphatic carbocycles. The summed E-state index contributed by atoms with van der Waals surface area (Å²) in [6, 6.07) is 0. The van der Waals surface area contributed by atoms with Crippen molar-refractivity contribution < 1.29 is 18.6 Å². The quantitative estimate of drug-likeness (QED) is 0.634. The average molecular weight is 150 g/mol. The van der Waals surface area contributed by atoms with Crippen molar-refractivity contribution >= 4 is 0 Å². The third-order valence-electron chi connectivity index (χ3n) is 1.36. The van der Waals surface area contributed by atoms with Crippen LogP contribution in [-0.2, 0) is 4.74 Å². The Balaban J connectivity index is 2.47. The summed E-state index contributed by atoms with van der Waals surface area (Å²) in [4.78, 5) is 0. The van der Waals surface area contributed by atoms with Crippen LogP contribution in [0.25, 0.3) is 0 Å². The van der Waals surface area contributed by atoms with E-state index in [-0.39, 0.29) is 5.57 Å². The molecule has 2 nitrogen and oxygen atoms in total. The molecule has 58 valence electrons. The number of aliphatic hydroxyl groups is 1. The Morgan fingerprint density at radius 1 is 1.60 bits per heavy atom.